The fourth-order valence-corrected chi connectivity index (χ4v) is 6.35. The quantitative estimate of drug-likeness (QED) is 0.457. The summed E-state index contributed by atoms with van der Waals surface area (Å²) in [5, 5.41) is 6.04. The van der Waals surface area contributed by atoms with Gasteiger partial charge in [-0.05, 0) is 72.7 Å². The number of carbonyl (C=O) groups is 1. The first-order valence-corrected chi connectivity index (χ1v) is 12.7. The zero-order valence-electron chi connectivity index (χ0n) is 20.6. The number of hydrogen-bond donors (Lipinski definition) is 2. The Labute approximate surface area is 207 Å². The van der Waals surface area contributed by atoms with Crippen LogP contribution in [-0.4, -0.2) is 32.2 Å². The van der Waals surface area contributed by atoms with Crippen LogP contribution < -0.4 is 10.6 Å². The Morgan fingerprint density at radius 3 is 2.11 bits per heavy atom. The summed E-state index contributed by atoms with van der Waals surface area (Å²) in [4.78, 5) is 13.8. The van der Waals surface area contributed by atoms with Crippen molar-refractivity contribution in [2.45, 2.75) is 58.4 Å². The van der Waals surface area contributed by atoms with Crippen LogP contribution in [0.3, 0.4) is 0 Å². The molecule has 4 unspecified atom stereocenters. The van der Waals surface area contributed by atoms with Gasteiger partial charge in [0.15, 0.2) is 0 Å². The molecular weight excluding hydrogens is 486 g/mol. The molecule has 0 bridgehead atoms. The Morgan fingerprint density at radius 1 is 1.06 bits per heavy atom. The Balaban J connectivity index is 1.60. The molecule has 1 aliphatic carbocycles. The van der Waals surface area contributed by atoms with E-state index in [2.05, 4.69) is 24.5 Å². The van der Waals surface area contributed by atoms with Crippen LogP contribution in [0.1, 0.15) is 56.2 Å². The molecule has 4 atom stereocenters. The third-order valence-corrected chi connectivity index (χ3v) is 8.28. The van der Waals surface area contributed by atoms with Crippen LogP contribution >= 0.6 is 0 Å². The van der Waals surface area contributed by atoms with Crippen molar-refractivity contribution in [2.75, 3.05) is 26.3 Å². The Hall–Kier alpha value is -1.81. The molecule has 1 aromatic rings. The van der Waals surface area contributed by atoms with Gasteiger partial charge in [0.05, 0.1) is 16.5 Å². The van der Waals surface area contributed by atoms with Crippen LogP contribution in [0, 0.1) is 35.0 Å². The Morgan fingerprint density at radius 2 is 1.64 bits per heavy atom. The number of ether oxygens (including phenoxy) is 1. The van der Waals surface area contributed by atoms with Crippen LogP contribution in [-0.2, 0) is 28.4 Å². The predicted molar refractivity (Wildman–Crippen MR) is 122 cm³/mol. The highest BCUT2D eigenvalue weighted by atomic mass is 19.4. The summed E-state index contributed by atoms with van der Waals surface area (Å²) >= 11 is 0. The van der Waals surface area contributed by atoms with E-state index < -0.39 is 35.4 Å². The lowest BCUT2D eigenvalue weighted by molar-refractivity contribution is -0.143. The van der Waals surface area contributed by atoms with E-state index in [0.717, 1.165) is 19.3 Å². The molecule has 10 heteroatoms. The van der Waals surface area contributed by atoms with Gasteiger partial charge in [-0.3, -0.25) is 4.79 Å². The SMILES string of the molecule is CC1COCC(C)C1C(CC1CC1)C1(C(=O)NCc2cc(C(F)(F)F)cc(C(F)(F)F)c2)CCNC1. The van der Waals surface area contributed by atoms with Gasteiger partial charge in [0, 0.05) is 26.3 Å². The molecule has 0 radical (unpaired) electrons. The number of carbonyl (C=O) groups excluding carboxylic acids is 1. The summed E-state index contributed by atoms with van der Waals surface area (Å²) in [5.74, 6) is 1.06. The van der Waals surface area contributed by atoms with E-state index in [-0.39, 0.29) is 41.2 Å². The van der Waals surface area contributed by atoms with Gasteiger partial charge in [-0.25, -0.2) is 0 Å². The topological polar surface area (TPSA) is 50.4 Å². The number of alkyl halides is 6. The molecule has 2 aliphatic heterocycles. The Kier molecular flexibility index (Phi) is 7.68. The van der Waals surface area contributed by atoms with Crippen LogP contribution in [0.2, 0.25) is 0 Å². The fourth-order valence-electron chi connectivity index (χ4n) is 6.35. The minimum Gasteiger partial charge on any atom is -0.381 e. The van der Waals surface area contributed by atoms with E-state index in [0.29, 0.717) is 50.8 Å². The van der Waals surface area contributed by atoms with Gasteiger partial charge in [0.1, 0.15) is 0 Å². The summed E-state index contributed by atoms with van der Waals surface area (Å²) < 4.78 is 85.4. The smallest absolute Gasteiger partial charge is 0.381 e. The van der Waals surface area contributed by atoms with Crippen molar-refractivity contribution in [1.29, 1.82) is 0 Å². The molecule has 1 aromatic carbocycles. The Bertz CT molecular complexity index is 895. The molecule has 4 rings (SSSR count). The molecule has 3 aliphatic rings. The van der Waals surface area contributed by atoms with Gasteiger partial charge >= 0.3 is 12.4 Å². The first kappa shape index (κ1) is 27.2. The number of amides is 1. The third-order valence-electron chi connectivity index (χ3n) is 8.28. The summed E-state index contributed by atoms with van der Waals surface area (Å²) in [6.07, 6.45) is -6.13. The molecular formula is C26H34F6N2O2. The minimum absolute atomic E-state index is 0.0566. The van der Waals surface area contributed by atoms with Crippen molar-refractivity contribution in [3.8, 4) is 0 Å². The van der Waals surface area contributed by atoms with E-state index in [1.807, 2.05) is 0 Å². The standard InChI is InChI=1S/C26H34F6N2O2/c1-15-12-36-13-16(2)22(15)21(9-17-3-4-17)24(5-6-33-14-24)23(35)34-11-18-7-19(25(27,28)29)10-20(8-18)26(30,31)32/h7-8,10,15-17,21-22,33H,3-6,9,11-14H2,1-2H3,(H,34,35). The zero-order chi connectivity index (χ0) is 26.3. The second kappa shape index (κ2) is 10.2. The van der Waals surface area contributed by atoms with Crippen molar-refractivity contribution in [2.24, 2.45) is 35.0 Å². The second-order valence-electron chi connectivity index (χ2n) is 11.0. The molecule has 4 nitrogen and oxygen atoms in total. The van der Waals surface area contributed by atoms with Gasteiger partial charge < -0.3 is 15.4 Å². The van der Waals surface area contributed by atoms with Gasteiger partial charge in [-0.15, -0.1) is 0 Å². The van der Waals surface area contributed by atoms with E-state index in [4.69, 9.17) is 4.74 Å². The molecule has 36 heavy (non-hydrogen) atoms. The van der Waals surface area contributed by atoms with E-state index >= 15 is 0 Å². The monoisotopic (exact) mass is 520 g/mol. The maximum atomic E-state index is 13.8. The normalized spacial score (nSPS) is 30.3. The number of benzene rings is 1. The average Bonchev–Trinajstić information content (AvgIpc) is 3.47. The minimum atomic E-state index is -4.93. The molecule has 202 valence electrons. The predicted octanol–water partition coefficient (Wildman–Crippen LogP) is 5.66. The largest absolute Gasteiger partial charge is 0.416 e. The number of nitrogens with one attached hydrogen (secondary N) is 2. The lowest BCUT2D eigenvalue weighted by Gasteiger charge is -2.47. The molecule has 2 heterocycles. The van der Waals surface area contributed by atoms with Crippen molar-refractivity contribution in [1.82, 2.24) is 10.6 Å². The van der Waals surface area contributed by atoms with Crippen LogP contribution in [0.25, 0.3) is 0 Å². The molecule has 3 fully saturated rings. The van der Waals surface area contributed by atoms with Crippen molar-refractivity contribution >= 4 is 5.91 Å². The first-order chi connectivity index (χ1) is 16.8. The highest BCUT2D eigenvalue weighted by Crippen LogP contribution is 2.52. The van der Waals surface area contributed by atoms with E-state index in [9.17, 15) is 31.1 Å². The molecule has 0 spiro atoms. The summed E-state index contributed by atoms with van der Waals surface area (Å²) in [5.41, 5.74) is -3.74. The van der Waals surface area contributed by atoms with Crippen molar-refractivity contribution in [3.63, 3.8) is 0 Å². The van der Waals surface area contributed by atoms with Crippen molar-refractivity contribution < 1.29 is 35.9 Å². The van der Waals surface area contributed by atoms with E-state index in [1.54, 1.807) is 0 Å². The average molecular weight is 521 g/mol. The maximum absolute atomic E-state index is 13.8. The molecule has 2 N–H and O–H groups in total. The lowest BCUT2D eigenvalue weighted by atomic mass is 9.59. The van der Waals surface area contributed by atoms with Gasteiger partial charge in [0.2, 0.25) is 5.91 Å². The second-order valence-corrected chi connectivity index (χ2v) is 11.0. The molecule has 0 aromatic heterocycles. The molecule has 2 saturated heterocycles. The van der Waals surface area contributed by atoms with Gasteiger partial charge in [0.25, 0.3) is 0 Å². The molecule has 1 saturated carbocycles. The van der Waals surface area contributed by atoms with Gasteiger partial charge in [-0.1, -0.05) is 26.7 Å². The summed E-state index contributed by atoms with van der Waals surface area (Å²) in [6, 6.07) is 1.46. The maximum Gasteiger partial charge on any atom is 0.416 e. The summed E-state index contributed by atoms with van der Waals surface area (Å²) in [7, 11) is 0. The van der Waals surface area contributed by atoms with Crippen LogP contribution in [0.15, 0.2) is 18.2 Å². The third kappa shape index (κ3) is 5.85. The fraction of sp³-hybridized carbons (Fsp3) is 0.731. The first-order valence-electron chi connectivity index (χ1n) is 12.7. The zero-order valence-corrected chi connectivity index (χ0v) is 20.6. The highest BCUT2D eigenvalue weighted by molar-refractivity contribution is 5.83. The lowest BCUT2D eigenvalue weighted by Crippen LogP contribution is -2.53. The number of hydrogen-bond acceptors (Lipinski definition) is 3. The van der Waals surface area contributed by atoms with Crippen molar-refractivity contribution in [3.05, 3.63) is 34.9 Å². The number of halogens is 6. The van der Waals surface area contributed by atoms with Crippen LogP contribution in [0.5, 0.6) is 0 Å². The van der Waals surface area contributed by atoms with Crippen LogP contribution in [0.4, 0.5) is 26.3 Å². The highest BCUT2D eigenvalue weighted by Gasteiger charge is 2.54. The molecule has 1 amide bonds. The summed E-state index contributed by atoms with van der Waals surface area (Å²) in [6.45, 7) is 6.19. The van der Waals surface area contributed by atoms with E-state index in [1.165, 1.54) is 0 Å². The number of rotatable bonds is 7. The van der Waals surface area contributed by atoms with Gasteiger partial charge in [-0.2, -0.15) is 26.3 Å².